The zero-order valence-corrected chi connectivity index (χ0v) is 11.5. The van der Waals surface area contributed by atoms with Crippen molar-refractivity contribution < 1.29 is 19.4 Å². The number of carbonyl (C=O) groups excluding carboxylic acids is 1. The smallest absolute Gasteiger partial charge is 0.339 e. The van der Waals surface area contributed by atoms with Crippen molar-refractivity contribution in [3.05, 3.63) is 23.8 Å². The average molecular weight is 278 g/mol. The molecule has 2 rings (SSSR count). The van der Waals surface area contributed by atoms with Crippen LogP contribution >= 0.6 is 0 Å². The second-order valence-electron chi connectivity index (χ2n) is 4.57. The van der Waals surface area contributed by atoms with Gasteiger partial charge in [-0.05, 0) is 26.0 Å². The van der Waals surface area contributed by atoms with Gasteiger partial charge in [-0.25, -0.2) is 4.79 Å². The van der Waals surface area contributed by atoms with E-state index in [0.717, 1.165) is 0 Å². The second kappa shape index (κ2) is 5.81. The summed E-state index contributed by atoms with van der Waals surface area (Å²) in [4.78, 5) is 25.0. The molecule has 6 heteroatoms. The van der Waals surface area contributed by atoms with Crippen LogP contribution in [0.1, 0.15) is 24.2 Å². The van der Waals surface area contributed by atoms with Crippen LogP contribution in [0, 0.1) is 0 Å². The molecule has 1 aliphatic heterocycles. The molecule has 1 atom stereocenters. The van der Waals surface area contributed by atoms with Gasteiger partial charge in [-0.15, -0.1) is 0 Å². The molecule has 0 fully saturated rings. The van der Waals surface area contributed by atoms with Gasteiger partial charge in [0.15, 0.2) is 5.75 Å². The first-order chi connectivity index (χ1) is 9.56. The number of hydrogen-bond acceptors (Lipinski definition) is 4. The SMILES string of the molecule is CCNC(=O)C(C)N1CCOc2c(C(=O)O)cccc21. The van der Waals surface area contributed by atoms with E-state index in [2.05, 4.69) is 5.32 Å². The van der Waals surface area contributed by atoms with Crippen molar-refractivity contribution in [3.8, 4) is 5.75 Å². The van der Waals surface area contributed by atoms with Gasteiger partial charge >= 0.3 is 5.97 Å². The van der Waals surface area contributed by atoms with Crippen LogP contribution < -0.4 is 15.0 Å². The van der Waals surface area contributed by atoms with Crippen molar-refractivity contribution in [2.75, 3.05) is 24.6 Å². The van der Waals surface area contributed by atoms with E-state index < -0.39 is 5.97 Å². The van der Waals surface area contributed by atoms with Gasteiger partial charge in [0.25, 0.3) is 0 Å². The number of para-hydroxylation sites is 1. The third-order valence-corrected chi connectivity index (χ3v) is 3.31. The van der Waals surface area contributed by atoms with Crippen molar-refractivity contribution in [1.29, 1.82) is 0 Å². The molecule has 1 aromatic rings. The molecule has 1 heterocycles. The summed E-state index contributed by atoms with van der Waals surface area (Å²) < 4.78 is 5.48. The molecule has 1 aromatic carbocycles. The summed E-state index contributed by atoms with van der Waals surface area (Å²) in [5, 5.41) is 12.0. The maximum Gasteiger partial charge on any atom is 0.339 e. The number of nitrogens with one attached hydrogen (secondary N) is 1. The topological polar surface area (TPSA) is 78.9 Å². The van der Waals surface area contributed by atoms with Crippen molar-refractivity contribution in [2.45, 2.75) is 19.9 Å². The fraction of sp³-hybridized carbons (Fsp3) is 0.429. The molecule has 2 N–H and O–H groups in total. The van der Waals surface area contributed by atoms with E-state index in [-0.39, 0.29) is 17.5 Å². The van der Waals surface area contributed by atoms with Crippen molar-refractivity contribution in [1.82, 2.24) is 5.32 Å². The molecule has 0 saturated heterocycles. The monoisotopic (exact) mass is 278 g/mol. The second-order valence-corrected chi connectivity index (χ2v) is 4.57. The Morgan fingerprint density at radius 2 is 2.25 bits per heavy atom. The minimum atomic E-state index is -1.03. The number of aromatic carboxylic acids is 1. The Morgan fingerprint density at radius 1 is 1.50 bits per heavy atom. The van der Waals surface area contributed by atoms with Gasteiger partial charge in [0, 0.05) is 6.54 Å². The predicted molar refractivity (Wildman–Crippen MR) is 74.4 cm³/mol. The first kappa shape index (κ1) is 14.2. The lowest BCUT2D eigenvalue weighted by molar-refractivity contribution is -0.122. The molecule has 0 aromatic heterocycles. The van der Waals surface area contributed by atoms with Gasteiger partial charge in [0.05, 0.1) is 12.2 Å². The molecule has 1 unspecified atom stereocenters. The molecule has 0 spiro atoms. The van der Waals surface area contributed by atoms with Crippen molar-refractivity contribution >= 4 is 17.6 Å². The number of likely N-dealkylation sites (N-methyl/N-ethyl adjacent to an activating group) is 1. The highest BCUT2D eigenvalue weighted by Gasteiger charge is 2.29. The highest BCUT2D eigenvalue weighted by molar-refractivity contribution is 5.94. The zero-order valence-electron chi connectivity index (χ0n) is 11.5. The number of carbonyl (C=O) groups is 2. The normalized spacial score (nSPS) is 15.0. The standard InChI is InChI=1S/C14H18N2O4/c1-3-15-13(17)9(2)16-7-8-20-12-10(14(18)19)5-4-6-11(12)16/h4-6,9H,3,7-8H2,1-2H3,(H,15,17)(H,18,19). The van der Waals surface area contributed by atoms with E-state index >= 15 is 0 Å². The maximum atomic E-state index is 12.0. The lowest BCUT2D eigenvalue weighted by Gasteiger charge is -2.35. The van der Waals surface area contributed by atoms with Crippen LogP contribution in [0.25, 0.3) is 0 Å². The third-order valence-electron chi connectivity index (χ3n) is 3.31. The van der Waals surface area contributed by atoms with E-state index in [0.29, 0.717) is 31.1 Å². The summed E-state index contributed by atoms with van der Waals surface area (Å²) in [6.45, 7) is 5.14. The van der Waals surface area contributed by atoms with Crippen LogP contribution in [0.15, 0.2) is 18.2 Å². The van der Waals surface area contributed by atoms with Crippen molar-refractivity contribution in [3.63, 3.8) is 0 Å². The molecule has 6 nitrogen and oxygen atoms in total. The first-order valence-electron chi connectivity index (χ1n) is 6.59. The fourth-order valence-corrected chi connectivity index (χ4v) is 2.30. The number of amides is 1. The summed E-state index contributed by atoms with van der Waals surface area (Å²) in [7, 11) is 0. The Balaban J connectivity index is 2.35. The summed E-state index contributed by atoms with van der Waals surface area (Å²) in [6, 6.07) is 4.56. The van der Waals surface area contributed by atoms with Gasteiger partial charge in [-0.3, -0.25) is 4.79 Å². The fourth-order valence-electron chi connectivity index (χ4n) is 2.30. The number of nitrogens with zero attached hydrogens (tertiary/aromatic N) is 1. The Hall–Kier alpha value is -2.24. The van der Waals surface area contributed by atoms with Crippen molar-refractivity contribution in [2.24, 2.45) is 0 Å². The van der Waals surface area contributed by atoms with Gasteiger partial charge in [0.1, 0.15) is 18.2 Å². The lowest BCUT2D eigenvalue weighted by Crippen LogP contribution is -2.48. The quantitative estimate of drug-likeness (QED) is 0.862. The number of hydrogen-bond donors (Lipinski definition) is 2. The van der Waals surface area contributed by atoms with Crippen LogP contribution in [0.3, 0.4) is 0 Å². The number of carboxylic acid groups (broad SMARTS) is 1. The van der Waals surface area contributed by atoms with E-state index in [1.54, 1.807) is 19.1 Å². The zero-order chi connectivity index (χ0) is 14.7. The largest absolute Gasteiger partial charge is 0.489 e. The maximum absolute atomic E-state index is 12.0. The summed E-state index contributed by atoms with van der Waals surface area (Å²) in [6.07, 6.45) is 0. The third kappa shape index (κ3) is 2.54. The Kier molecular flexibility index (Phi) is 4.12. The Labute approximate surface area is 117 Å². The van der Waals surface area contributed by atoms with Crippen LogP contribution in [0.2, 0.25) is 0 Å². The molecule has 20 heavy (non-hydrogen) atoms. The van der Waals surface area contributed by atoms with Gasteiger partial charge in [-0.2, -0.15) is 0 Å². The van der Waals surface area contributed by atoms with E-state index in [1.807, 2.05) is 11.8 Å². The first-order valence-corrected chi connectivity index (χ1v) is 6.59. The van der Waals surface area contributed by atoms with Gasteiger partial charge in [-0.1, -0.05) is 6.07 Å². The average Bonchev–Trinajstić information content (AvgIpc) is 2.45. The highest BCUT2D eigenvalue weighted by Crippen LogP contribution is 2.36. The van der Waals surface area contributed by atoms with Crippen LogP contribution in [0.5, 0.6) is 5.75 Å². The Morgan fingerprint density at radius 3 is 2.90 bits per heavy atom. The van der Waals surface area contributed by atoms with E-state index in [1.165, 1.54) is 6.07 Å². The van der Waals surface area contributed by atoms with Crippen LogP contribution in [0.4, 0.5) is 5.69 Å². The molecule has 0 bridgehead atoms. The number of ether oxygens (including phenoxy) is 1. The molecule has 1 amide bonds. The summed E-state index contributed by atoms with van der Waals surface area (Å²) in [5.74, 6) is -0.780. The van der Waals surface area contributed by atoms with E-state index in [9.17, 15) is 14.7 Å². The summed E-state index contributed by atoms with van der Waals surface area (Å²) in [5.41, 5.74) is 0.769. The molecule has 1 aliphatic rings. The molecule has 0 saturated carbocycles. The molecular weight excluding hydrogens is 260 g/mol. The number of benzene rings is 1. The van der Waals surface area contributed by atoms with Gasteiger partial charge in [0.2, 0.25) is 5.91 Å². The Bertz CT molecular complexity index is 530. The van der Waals surface area contributed by atoms with Gasteiger partial charge < -0.3 is 20.1 Å². The number of carboxylic acids is 1. The minimum absolute atomic E-state index is 0.0823. The number of anilines is 1. The number of fused-ring (bicyclic) bond motifs is 1. The van der Waals surface area contributed by atoms with E-state index in [4.69, 9.17) is 4.74 Å². The summed E-state index contributed by atoms with van der Waals surface area (Å²) >= 11 is 0. The highest BCUT2D eigenvalue weighted by atomic mass is 16.5. The predicted octanol–water partition coefficient (Wildman–Crippen LogP) is 1.11. The van der Waals surface area contributed by atoms with Crippen LogP contribution in [-0.2, 0) is 4.79 Å². The molecule has 108 valence electrons. The number of rotatable bonds is 4. The minimum Gasteiger partial charge on any atom is -0.489 e. The molecular formula is C14H18N2O4. The van der Waals surface area contributed by atoms with Crippen LogP contribution in [-0.4, -0.2) is 42.7 Å². The molecule has 0 radical (unpaired) electrons. The lowest BCUT2D eigenvalue weighted by atomic mass is 10.1. The molecule has 0 aliphatic carbocycles.